The lowest BCUT2D eigenvalue weighted by Gasteiger charge is -2.13. The molecule has 0 unspecified atom stereocenters. The molecule has 1 aromatic heterocycles. The highest BCUT2D eigenvalue weighted by Gasteiger charge is 2.16. The molecule has 2 heterocycles. The third-order valence-corrected chi connectivity index (χ3v) is 4.85. The fourth-order valence-corrected chi connectivity index (χ4v) is 3.40. The lowest BCUT2D eigenvalue weighted by Crippen LogP contribution is -2.08. The monoisotopic (exact) mass is 378 g/mol. The minimum Gasteiger partial charge on any atom is -0.493 e. The zero-order valence-corrected chi connectivity index (χ0v) is 15.9. The molecule has 0 amide bonds. The lowest BCUT2D eigenvalue weighted by molar-refractivity contribution is -0.0421. The van der Waals surface area contributed by atoms with Crippen LogP contribution in [-0.2, 0) is 9.47 Å². The van der Waals surface area contributed by atoms with Gasteiger partial charge in [-0.25, -0.2) is 0 Å². The van der Waals surface area contributed by atoms with Crippen molar-refractivity contribution >= 4 is 11.8 Å². The summed E-state index contributed by atoms with van der Waals surface area (Å²) in [7, 11) is 4.75. The van der Waals surface area contributed by atoms with E-state index in [1.807, 2.05) is 24.3 Å². The summed E-state index contributed by atoms with van der Waals surface area (Å²) in [5.41, 5.74) is 1.58. The molecule has 8 heteroatoms. The van der Waals surface area contributed by atoms with E-state index in [0.717, 1.165) is 28.5 Å². The molecule has 0 atom stereocenters. The van der Waals surface area contributed by atoms with Crippen molar-refractivity contribution < 1.29 is 23.7 Å². The number of rotatable bonds is 8. The molecule has 0 aliphatic carbocycles. The average Bonchev–Trinajstić information content (AvgIpc) is 3.20. The van der Waals surface area contributed by atoms with Crippen LogP contribution in [0.5, 0.6) is 17.2 Å². The van der Waals surface area contributed by atoms with E-state index in [4.69, 9.17) is 23.7 Å². The predicted molar refractivity (Wildman–Crippen MR) is 98.2 cm³/mol. The van der Waals surface area contributed by atoms with Crippen molar-refractivity contribution in [1.29, 1.82) is 0 Å². The summed E-state index contributed by atoms with van der Waals surface area (Å²) in [6.45, 7) is 1.36. The maximum absolute atomic E-state index is 5.42. The third-order valence-electron chi connectivity index (χ3n) is 3.89. The first-order valence-corrected chi connectivity index (χ1v) is 9.24. The molecule has 0 spiro atoms. The van der Waals surface area contributed by atoms with Gasteiger partial charge in [0, 0.05) is 17.7 Å². The normalized spacial score (nSPS) is 14.4. The van der Waals surface area contributed by atoms with Crippen LogP contribution in [0.4, 0.5) is 0 Å². The topological polar surface area (TPSA) is 71.9 Å². The fourth-order valence-electron chi connectivity index (χ4n) is 2.61. The van der Waals surface area contributed by atoms with E-state index in [-0.39, 0.29) is 6.29 Å². The summed E-state index contributed by atoms with van der Waals surface area (Å²) >= 11 is 1.63. The number of aromatic nitrogens is 2. The van der Waals surface area contributed by atoms with E-state index in [9.17, 15) is 0 Å². The summed E-state index contributed by atoms with van der Waals surface area (Å²) in [5.74, 6) is 2.58. The molecule has 7 nitrogen and oxygen atoms in total. The standard InChI is InChI=1S/C18H22N2O5S/c1-21-14-10-12(11-15(22-2)18(14)23-3)13-4-5-16(20-19-13)26-9-6-17-24-7-8-25-17/h4-5,10-11,17H,6-9H2,1-3H3. The van der Waals surface area contributed by atoms with Crippen LogP contribution in [0.15, 0.2) is 29.3 Å². The Labute approximate surface area is 157 Å². The van der Waals surface area contributed by atoms with Crippen molar-refractivity contribution in [3.8, 4) is 28.5 Å². The van der Waals surface area contributed by atoms with Gasteiger partial charge >= 0.3 is 0 Å². The molecule has 0 saturated carbocycles. The van der Waals surface area contributed by atoms with Gasteiger partial charge in [0.05, 0.1) is 40.2 Å². The SMILES string of the molecule is COc1cc(-c2ccc(SCCC3OCCO3)nn2)cc(OC)c1OC. The number of nitrogens with zero attached hydrogens (tertiary/aromatic N) is 2. The average molecular weight is 378 g/mol. The van der Waals surface area contributed by atoms with Crippen LogP contribution in [0.2, 0.25) is 0 Å². The molecule has 26 heavy (non-hydrogen) atoms. The molecule has 1 aromatic carbocycles. The van der Waals surface area contributed by atoms with Crippen LogP contribution in [-0.4, -0.2) is 56.8 Å². The maximum atomic E-state index is 5.42. The van der Waals surface area contributed by atoms with Gasteiger partial charge in [-0.2, -0.15) is 0 Å². The Balaban J connectivity index is 1.69. The smallest absolute Gasteiger partial charge is 0.203 e. The molecule has 1 aliphatic rings. The summed E-state index contributed by atoms with van der Waals surface area (Å²) in [6, 6.07) is 7.59. The third kappa shape index (κ3) is 4.38. The summed E-state index contributed by atoms with van der Waals surface area (Å²) in [6.07, 6.45) is 0.745. The van der Waals surface area contributed by atoms with Crippen LogP contribution in [0, 0.1) is 0 Å². The maximum Gasteiger partial charge on any atom is 0.203 e. The van der Waals surface area contributed by atoms with Gasteiger partial charge in [-0.05, 0) is 24.3 Å². The van der Waals surface area contributed by atoms with Gasteiger partial charge in [0.15, 0.2) is 17.8 Å². The second kappa shape index (κ2) is 9.07. The summed E-state index contributed by atoms with van der Waals surface area (Å²) < 4.78 is 27.0. The summed E-state index contributed by atoms with van der Waals surface area (Å²) in [5, 5.41) is 9.47. The number of benzene rings is 1. The van der Waals surface area contributed by atoms with Gasteiger partial charge in [-0.1, -0.05) is 0 Å². The van der Waals surface area contributed by atoms with Gasteiger partial charge in [0.2, 0.25) is 5.75 Å². The first-order chi connectivity index (χ1) is 12.7. The van der Waals surface area contributed by atoms with Crippen LogP contribution in [0.25, 0.3) is 11.3 Å². The number of thioether (sulfide) groups is 1. The van der Waals surface area contributed by atoms with E-state index < -0.39 is 0 Å². The van der Waals surface area contributed by atoms with Crippen molar-refractivity contribution in [2.24, 2.45) is 0 Å². The Morgan fingerprint density at radius 1 is 1.00 bits per heavy atom. The van der Waals surface area contributed by atoms with E-state index >= 15 is 0 Å². The fraction of sp³-hybridized carbons (Fsp3) is 0.444. The molecular formula is C18H22N2O5S. The second-order valence-corrected chi connectivity index (χ2v) is 6.59. The highest BCUT2D eigenvalue weighted by molar-refractivity contribution is 7.99. The van der Waals surface area contributed by atoms with Crippen LogP contribution < -0.4 is 14.2 Å². The lowest BCUT2D eigenvalue weighted by atomic mass is 10.1. The van der Waals surface area contributed by atoms with Gasteiger partial charge in [0.1, 0.15) is 5.03 Å². The number of ether oxygens (including phenoxy) is 5. The molecule has 1 aliphatic heterocycles. The second-order valence-electron chi connectivity index (χ2n) is 5.48. The Bertz CT molecular complexity index is 695. The highest BCUT2D eigenvalue weighted by Crippen LogP contribution is 2.40. The zero-order valence-electron chi connectivity index (χ0n) is 15.1. The first-order valence-electron chi connectivity index (χ1n) is 8.25. The Morgan fingerprint density at radius 2 is 1.69 bits per heavy atom. The predicted octanol–water partition coefficient (Wildman–Crippen LogP) is 3.02. The van der Waals surface area contributed by atoms with E-state index in [2.05, 4.69) is 10.2 Å². The van der Waals surface area contributed by atoms with Crippen molar-refractivity contribution in [3.05, 3.63) is 24.3 Å². The van der Waals surface area contributed by atoms with Gasteiger partial charge in [-0.3, -0.25) is 0 Å². The molecule has 0 bridgehead atoms. The molecule has 140 valence electrons. The van der Waals surface area contributed by atoms with E-state index in [0.29, 0.717) is 30.5 Å². The van der Waals surface area contributed by atoms with E-state index in [1.165, 1.54) is 0 Å². The van der Waals surface area contributed by atoms with Crippen molar-refractivity contribution in [2.45, 2.75) is 17.7 Å². The minimum absolute atomic E-state index is 0.0889. The van der Waals surface area contributed by atoms with Crippen LogP contribution >= 0.6 is 11.8 Å². The number of methoxy groups -OCH3 is 3. The molecular weight excluding hydrogens is 356 g/mol. The molecule has 0 radical (unpaired) electrons. The highest BCUT2D eigenvalue weighted by atomic mass is 32.2. The minimum atomic E-state index is -0.0889. The van der Waals surface area contributed by atoms with Gasteiger partial charge < -0.3 is 23.7 Å². The Kier molecular flexibility index (Phi) is 6.54. The van der Waals surface area contributed by atoms with Gasteiger partial charge in [-0.15, -0.1) is 22.0 Å². The van der Waals surface area contributed by atoms with Gasteiger partial charge in [0.25, 0.3) is 0 Å². The quantitative estimate of drug-likeness (QED) is 0.649. The van der Waals surface area contributed by atoms with Crippen LogP contribution in [0.3, 0.4) is 0 Å². The van der Waals surface area contributed by atoms with Crippen molar-refractivity contribution in [3.63, 3.8) is 0 Å². The van der Waals surface area contributed by atoms with Crippen molar-refractivity contribution in [2.75, 3.05) is 40.3 Å². The molecule has 1 saturated heterocycles. The van der Waals surface area contributed by atoms with Crippen molar-refractivity contribution in [1.82, 2.24) is 10.2 Å². The molecule has 3 rings (SSSR count). The Morgan fingerprint density at radius 3 is 2.23 bits per heavy atom. The first kappa shape index (κ1) is 18.8. The molecule has 1 fully saturated rings. The summed E-state index contributed by atoms with van der Waals surface area (Å²) in [4.78, 5) is 0. The number of hydrogen-bond acceptors (Lipinski definition) is 8. The molecule has 2 aromatic rings. The van der Waals surface area contributed by atoms with Crippen LogP contribution in [0.1, 0.15) is 6.42 Å². The van der Waals surface area contributed by atoms with E-state index in [1.54, 1.807) is 33.1 Å². The largest absolute Gasteiger partial charge is 0.493 e. The Hall–Kier alpha value is -2.03. The zero-order chi connectivity index (χ0) is 18.4. The number of hydrogen-bond donors (Lipinski definition) is 0. The molecule has 0 N–H and O–H groups in total.